The van der Waals surface area contributed by atoms with Crippen LogP contribution in [0.15, 0.2) is 0 Å². The molecular formula is C58H95NO18. The van der Waals surface area contributed by atoms with Crippen molar-refractivity contribution in [3.05, 3.63) is 0 Å². The van der Waals surface area contributed by atoms with E-state index in [9.17, 15) is 50.1 Å². The van der Waals surface area contributed by atoms with Crippen molar-refractivity contribution < 1.29 is 88.1 Å². The van der Waals surface area contributed by atoms with Gasteiger partial charge < -0.3 is 74.2 Å². The molecule has 2 heterocycles. The summed E-state index contributed by atoms with van der Waals surface area (Å²) in [4.78, 5) is 54.0. The first-order chi connectivity index (χ1) is 36.5. The first-order valence-electron chi connectivity index (χ1n) is 29.6. The number of carboxylic acid groups (broad SMARTS) is 1. The van der Waals surface area contributed by atoms with Gasteiger partial charge in [0.05, 0.1) is 44.1 Å². The van der Waals surface area contributed by atoms with Gasteiger partial charge in [-0.3, -0.25) is 14.4 Å². The highest BCUT2D eigenvalue weighted by molar-refractivity contribution is 5.74. The summed E-state index contributed by atoms with van der Waals surface area (Å²) in [7, 11) is 1.39. The van der Waals surface area contributed by atoms with Gasteiger partial charge in [0.15, 0.2) is 18.7 Å². The monoisotopic (exact) mass is 1090 g/mol. The van der Waals surface area contributed by atoms with Gasteiger partial charge in [0, 0.05) is 18.8 Å². The average molecular weight is 1090 g/mol. The van der Waals surface area contributed by atoms with Crippen LogP contribution < -0.4 is 5.32 Å². The Balaban J connectivity index is 1.13. The predicted molar refractivity (Wildman–Crippen MR) is 277 cm³/mol. The zero-order chi connectivity index (χ0) is 55.8. The maximum Gasteiger partial charge on any atom is 0.332 e. The molecule has 1 amide bonds. The van der Waals surface area contributed by atoms with Crippen LogP contribution in [0.4, 0.5) is 0 Å². The molecule has 77 heavy (non-hydrogen) atoms. The molecule has 2 aliphatic heterocycles. The summed E-state index contributed by atoms with van der Waals surface area (Å²) in [6.07, 6.45) is -5.07. The molecule has 8 fully saturated rings. The molecule has 0 aromatic heterocycles. The quantitative estimate of drug-likeness (QED) is 0.0857. The summed E-state index contributed by atoms with van der Waals surface area (Å²) < 4.78 is 44.3. The summed E-state index contributed by atoms with van der Waals surface area (Å²) in [6, 6.07) is -1.34. The van der Waals surface area contributed by atoms with Crippen molar-refractivity contribution in [3.8, 4) is 0 Å². The number of hydrogen-bond donors (Lipinski definition) is 8. The highest BCUT2D eigenvalue weighted by Crippen LogP contribution is 2.69. The molecule has 0 spiro atoms. The number of aliphatic carboxylic acids is 1. The normalized spacial score (nSPS) is 46.1. The van der Waals surface area contributed by atoms with Crippen LogP contribution in [-0.4, -0.2) is 165 Å². The predicted octanol–water partition coefficient (Wildman–Crippen LogP) is 4.79. The largest absolute Gasteiger partial charge is 0.479 e. The standard InChI is InChI=1S/C58H95NO18/c1-9-33-23-34(54(70)76-43-26-38-45(39(62)25-35-21-28(2)19-20-57(35,38)6)37-17-16-36(58(37,43)7)29(3)15-18-44(63)71-8)24-40(51(33)77-56-50(67)49(66)47(64)30(4)72-56)74-55-46(59-31(5)61)52(48(65)42(27-60)75-55)73-41(53(68)69)22-32-13-11-10-12-14-32/h28-30,32-43,45-52,55-56,60,62,64-67H,9-27H2,1-8H3,(H,59,61)(H,68,69)/t28-,29+,30-,33+,34?,35-,36+,37-,38-,39+,40+,41-,42-,43-,45-,46?,47?,48-,49-,50-,51?,52?,55+,56?,57-,58+/m0/s1. The Morgan fingerprint density at radius 2 is 1.53 bits per heavy atom. The molecule has 6 saturated carbocycles. The summed E-state index contributed by atoms with van der Waals surface area (Å²) in [5.74, 6) is -2.54. The van der Waals surface area contributed by atoms with Crippen LogP contribution in [0.3, 0.4) is 0 Å². The highest BCUT2D eigenvalue weighted by atomic mass is 16.7. The number of methoxy groups -OCH3 is 1. The van der Waals surface area contributed by atoms with E-state index in [0.29, 0.717) is 31.1 Å². The molecule has 8 aliphatic rings. The minimum absolute atomic E-state index is 0.0242. The summed E-state index contributed by atoms with van der Waals surface area (Å²) in [5, 5.41) is 80.8. The number of hydrogen-bond acceptors (Lipinski definition) is 17. The van der Waals surface area contributed by atoms with Gasteiger partial charge in [-0.15, -0.1) is 0 Å². The number of esters is 2. The lowest BCUT2D eigenvalue weighted by Gasteiger charge is -2.64. The lowest BCUT2D eigenvalue weighted by molar-refractivity contribution is -0.339. The molecule has 0 aromatic rings. The van der Waals surface area contributed by atoms with Crippen molar-refractivity contribution in [2.75, 3.05) is 13.7 Å². The number of aliphatic hydroxyl groups is 6. The van der Waals surface area contributed by atoms with Crippen LogP contribution >= 0.6 is 0 Å². The highest BCUT2D eigenvalue weighted by Gasteiger charge is 2.67. The second-order valence-corrected chi connectivity index (χ2v) is 25.9. The van der Waals surface area contributed by atoms with Crippen LogP contribution in [0.25, 0.3) is 0 Å². The molecule has 0 radical (unpaired) electrons. The van der Waals surface area contributed by atoms with E-state index in [-0.39, 0.29) is 72.6 Å². The number of carbonyl (C=O) groups excluding carboxylic acids is 3. The van der Waals surface area contributed by atoms with Gasteiger partial charge in [0.1, 0.15) is 48.8 Å². The zero-order valence-electron chi connectivity index (χ0n) is 47.0. The maximum atomic E-state index is 15.5. The van der Waals surface area contributed by atoms with Gasteiger partial charge in [-0.25, -0.2) is 4.79 Å². The van der Waals surface area contributed by atoms with E-state index in [4.69, 9.17) is 33.2 Å². The van der Waals surface area contributed by atoms with Gasteiger partial charge in [0.25, 0.3) is 0 Å². The fourth-order valence-corrected chi connectivity index (χ4v) is 17.0. The van der Waals surface area contributed by atoms with Gasteiger partial charge in [-0.2, -0.15) is 0 Å². The number of fused-ring (bicyclic) bond motifs is 5. The molecular weight excluding hydrogens is 999 g/mol. The fraction of sp³-hybridized carbons (Fsp3) is 0.931. The minimum Gasteiger partial charge on any atom is -0.479 e. The van der Waals surface area contributed by atoms with E-state index in [0.717, 1.165) is 70.6 Å². The molecule has 8 rings (SSSR count). The van der Waals surface area contributed by atoms with E-state index >= 15 is 4.79 Å². The van der Waals surface area contributed by atoms with E-state index < -0.39 is 134 Å². The number of aliphatic hydroxyl groups excluding tert-OH is 6. The SMILES string of the molecule is CC[C@@H]1CC(C(=O)O[C@H]2C[C@H]3[C@@H]([C@H](O)C[C@@H]4C[C@@H](C)CC[C@@]43C)[C@@H]3CC[C@H]([C@H](C)CCC(=O)OC)[C@@]23C)C[C@@H](O[C@@H]2O[C@@H](CO)[C@H](O)C(O[C@@H](CC3CCCCC3)C(=O)O)C2NC(C)=O)C1OC1O[C@@H](C)C(O)[C@H](O)[C@@H]1O. The lowest BCUT2D eigenvalue weighted by atomic mass is 9.42. The zero-order valence-corrected chi connectivity index (χ0v) is 47.0. The first kappa shape index (κ1) is 60.5. The Bertz CT molecular complexity index is 2010. The van der Waals surface area contributed by atoms with Gasteiger partial charge in [-0.05, 0) is 130 Å². The van der Waals surface area contributed by atoms with Crippen molar-refractivity contribution in [1.29, 1.82) is 0 Å². The summed E-state index contributed by atoms with van der Waals surface area (Å²) >= 11 is 0. The second-order valence-electron chi connectivity index (χ2n) is 25.9. The van der Waals surface area contributed by atoms with Crippen LogP contribution in [0, 0.1) is 70.0 Å². The molecule has 6 unspecified atom stereocenters. The van der Waals surface area contributed by atoms with E-state index in [1.54, 1.807) is 0 Å². The average Bonchev–Trinajstić information content (AvgIpc) is 4.07. The maximum absolute atomic E-state index is 15.5. The van der Waals surface area contributed by atoms with Crippen molar-refractivity contribution in [2.24, 2.45) is 70.0 Å². The summed E-state index contributed by atoms with van der Waals surface area (Å²) in [5.41, 5.74) is -0.602. The van der Waals surface area contributed by atoms with Crippen LogP contribution in [0.5, 0.6) is 0 Å². The summed E-state index contributed by atoms with van der Waals surface area (Å²) in [6.45, 7) is 13.1. The number of nitrogens with one attached hydrogen (secondary N) is 1. The molecule has 26 atom stereocenters. The Labute approximate surface area is 455 Å². The third-order valence-electron chi connectivity index (χ3n) is 21.4. The lowest BCUT2D eigenvalue weighted by Crippen LogP contribution is -2.67. The molecule has 19 heteroatoms. The van der Waals surface area contributed by atoms with E-state index in [1.165, 1.54) is 21.0 Å². The molecule has 19 nitrogen and oxygen atoms in total. The van der Waals surface area contributed by atoms with Gasteiger partial charge >= 0.3 is 17.9 Å². The Hall–Kier alpha value is -2.56. The number of carbonyl (C=O) groups is 4. The first-order valence-corrected chi connectivity index (χ1v) is 29.6. The van der Waals surface area contributed by atoms with Crippen molar-refractivity contribution in [1.82, 2.24) is 5.32 Å². The van der Waals surface area contributed by atoms with Gasteiger partial charge in [-0.1, -0.05) is 79.6 Å². The molecule has 440 valence electrons. The van der Waals surface area contributed by atoms with Crippen LogP contribution in [0.1, 0.15) is 164 Å². The smallest absolute Gasteiger partial charge is 0.332 e. The molecule has 6 aliphatic carbocycles. The Morgan fingerprint density at radius 3 is 2.19 bits per heavy atom. The second kappa shape index (κ2) is 25.3. The number of ether oxygens (including phenoxy) is 7. The third kappa shape index (κ3) is 12.5. The third-order valence-corrected chi connectivity index (χ3v) is 21.4. The van der Waals surface area contributed by atoms with E-state index in [1.807, 2.05) is 6.92 Å². The fourth-order valence-electron chi connectivity index (χ4n) is 17.0. The number of amides is 1. The Kier molecular flexibility index (Phi) is 19.9. The number of rotatable bonds is 18. The van der Waals surface area contributed by atoms with Crippen LogP contribution in [0.2, 0.25) is 0 Å². The molecule has 2 saturated heterocycles. The molecule has 0 bridgehead atoms. The van der Waals surface area contributed by atoms with Crippen molar-refractivity contribution in [3.63, 3.8) is 0 Å². The van der Waals surface area contributed by atoms with Gasteiger partial charge in [0.2, 0.25) is 5.91 Å². The van der Waals surface area contributed by atoms with Crippen molar-refractivity contribution in [2.45, 2.75) is 256 Å². The minimum atomic E-state index is -1.69. The Morgan fingerprint density at radius 1 is 0.805 bits per heavy atom. The van der Waals surface area contributed by atoms with E-state index in [2.05, 4.69) is 33.0 Å². The van der Waals surface area contributed by atoms with Crippen molar-refractivity contribution >= 4 is 23.8 Å². The molecule has 8 N–H and O–H groups in total. The molecule has 0 aromatic carbocycles. The number of carboxylic acids is 1. The van der Waals surface area contributed by atoms with Crippen LogP contribution in [-0.2, 0) is 52.3 Å². The topological polar surface area (TPSA) is 287 Å².